The van der Waals surface area contributed by atoms with Crippen molar-refractivity contribution in [3.8, 4) is 17.2 Å². The summed E-state index contributed by atoms with van der Waals surface area (Å²) in [6.45, 7) is 0.599. The minimum Gasteiger partial charge on any atom is -0.496 e. The second-order valence-electron chi connectivity index (χ2n) is 7.72. The minimum absolute atomic E-state index is 0.0967. The zero-order valence-corrected chi connectivity index (χ0v) is 18.7. The Morgan fingerprint density at radius 2 is 2.03 bits per heavy atom. The van der Waals surface area contributed by atoms with Gasteiger partial charge in [0.05, 0.1) is 17.8 Å². The molecule has 0 aliphatic carbocycles. The maximum atomic E-state index is 13.1. The number of ether oxygens (including phenoxy) is 3. The predicted molar refractivity (Wildman–Crippen MR) is 124 cm³/mol. The van der Waals surface area contributed by atoms with Gasteiger partial charge in [0.25, 0.3) is 0 Å². The molecule has 7 nitrogen and oxygen atoms in total. The molecule has 0 saturated heterocycles. The van der Waals surface area contributed by atoms with Crippen LogP contribution in [-0.2, 0) is 11.3 Å². The summed E-state index contributed by atoms with van der Waals surface area (Å²) in [5.74, 6) is 1.74. The maximum absolute atomic E-state index is 13.1. The van der Waals surface area contributed by atoms with Crippen molar-refractivity contribution in [2.45, 2.75) is 18.9 Å². The number of halogens is 1. The summed E-state index contributed by atoms with van der Waals surface area (Å²) in [6, 6.07) is 17.0. The Morgan fingerprint density at radius 1 is 1.18 bits per heavy atom. The highest BCUT2D eigenvalue weighted by molar-refractivity contribution is 6.30. The summed E-state index contributed by atoms with van der Waals surface area (Å²) in [7, 11) is 1.63. The lowest BCUT2D eigenvalue weighted by molar-refractivity contribution is -0.121. The molecule has 0 bridgehead atoms. The number of hydrogen-bond acceptors (Lipinski definition) is 5. The highest BCUT2D eigenvalue weighted by atomic mass is 35.5. The summed E-state index contributed by atoms with van der Waals surface area (Å²) in [6.07, 6.45) is 3.81. The van der Waals surface area contributed by atoms with Crippen molar-refractivity contribution in [3.05, 3.63) is 88.8 Å². The Labute approximate surface area is 195 Å². The van der Waals surface area contributed by atoms with E-state index in [1.54, 1.807) is 19.4 Å². The number of aromatic nitrogens is 2. The maximum Gasteiger partial charge on any atom is 0.231 e. The molecule has 3 heterocycles. The van der Waals surface area contributed by atoms with Crippen LogP contribution in [0.15, 0.2) is 67.0 Å². The molecule has 1 unspecified atom stereocenters. The number of para-hydroxylation sites is 1. The largest absolute Gasteiger partial charge is 0.496 e. The molecule has 0 radical (unpaired) electrons. The zero-order valence-electron chi connectivity index (χ0n) is 18.0. The molecule has 2 aromatic heterocycles. The predicted octanol–water partition coefficient (Wildman–Crippen LogP) is 4.56. The van der Waals surface area contributed by atoms with Crippen LogP contribution in [0.4, 0.5) is 0 Å². The molecule has 0 saturated carbocycles. The Bertz CT molecular complexity index is 1320. The van der Waals surface area contributed by atoms with Gasteiger partial charge in [-0.1, -0.05) is 35.9 Å². The van der Waals surface area contributed by atoms with Gasteiger partial charge in [0.2, 0.25) is 12.7 Å². The average molecular weight is 464 g/mol. The third-order valence-electron chi connectivity index (χ3n) is 5.69. The van der Waals surface area contributed by atoms with Crippen molar-refractivity contribution in [1.29, 1.82) is 0 Å². The molecule has 8 heteroatoms. The molecule has 1 N–H and O–H groups in total. The van der Waals surface area contributed by atoms with Crippen LogP contribution in [0.1, 0.15) is 29.2 Å². The smallest absolute Gasteiger partial charge is 0.231 e. The number of carbonyl (C=O) groups excluding carboxylic acids is 1. The van der Waals surface area contributed by atoms with Crippen LogP contribution in [0.5, 0.6) is 17.2 Å². The van der Waals surface area contributed by atoms with Crippen molar-refractivity contribution in [2.75, 3.05) is 13.9 Å². The standard InChI is InChI=1S/C25H22ClN3O4/c1-31-21-5-3-2-4-18(21)19(20-13-27-24-9-7-17(26)14-29(20)24)11-25(30)28-12-16-6-8-22-23(10-16)33-15-32-22/h2-10,13-14,19H,11-12,15H2,1H3,(H,28,30). The van der Waals surface area contributed by atoms with Gasteiger partial charge in [-0.3, -0.25) is 4.79 Å². The van der Waals surface area contributed by atoms with E-state index in [-0.39, 0.29) is 25.0 Å². The first-order valence-electron chi connectivity index (χ1n) is 10.5. The number of nitrogens with zero attached hydrogens (tertiary/aromatic N) is 2. The van der Waals surface area contributed by atoms with E-state index in [9.17, 15) is 4.79 Å². The number of methoxy groups -OCH3 is 1. The van der Waals surface area contributed by atoms with Crippen LogP contribution in [0.25, 0.3) is 5.65 Å². The highest BCUT2D eigenvalue weighted by Gasteiger charge is 2.25. The number of carbonyl (C=O) groups is 1. The van der Waals surface area contributed by atoms with Crippen molar-refractivity contribution in [3.63, 3.8) is 0 Å². The van der Waals surface area contributed by atoms with Gasteiger partial charge in [-0.2, -0.15) is 0 Å². The van der Waals surface area contributed by atoms with Crippen LogP contribution in [0, 0.1) is 0 Å². The number of hydrogen-bond donors (Lipinski definition) is 1. The molecule has 1 atom stereocenters. The summed E-state index contributed by atoms with van der Waals surface area (Å²) in [4.78, 5) is 17.6. The summed E-state index contributed by atoms with van der Waals surface area (Å²) < 4.78 is 18.3. The fourth-order valence-corrected chi connectivity index (χ4v) is 4.23. The monoisotopic (exact) mass is 463 g/mol. The molecule has 5 rings (SSSR count). The quantitative estimate of drug-likeness (QED) is 0.435. The fourth-order valence-electron chi connectivity index (χ4n) is 4.07. The first-order valence-corrected chi connectivity index (χ1v) is 10.9. The number of imidazole rings is 1. The van der Waals surface area contributed by atoms with Crippen LogP contribution in [0.3, 0.4) is 0 Å². The van der Waals surface area contributed by atoms with Crippen molar-refractivity contribution in [2.24, 2.45) is 0 Å². The van der Waals surface area contributed by atoms with E-state index in [0.717, 1.165) is 22.5 Å². The molecule has 0 fully saturated rings. The number of rotatable bonds is 7. The molecule has 1 aliphatic heterocycles. The third-order valence-corrected chi connectivity index (χ3v) is 5.91. The van der Waals surface area contributed by atoms with E-state index in [2.05, 4.69) is 10.3 Å². The average Bonchev–Trinajstić information content (AvgIpc) is 3.47. The van der Waals surface area contributed by atoms with Crippen LogP contribution in [-0.4, -0.2) is 29.2 Å². The van der Waals surface area contributed by atoms with Gasteiger partial charge in [0.15, 0.2) is 11.5 Å². The summed E-state index contributed by atoms with van der Waals surface area (Å²) >= 11 is 6.25. The molecule has 1 amide bonds. The topological polar surface area (TPSA) is 74.1 Å². The Hall–Kier alpha value is -3.71. The van der Waals surface area contributed by atoms with E-state index in [0.29, 0.717) is 28.8 Å². The number of amides is 1. The van der Waals surface area contributed by atoms with Crippen molar-refractivity contribution in [1.82, 2.24) is 14.7 Å². The van der Waals surface area contributed by atoms with E-state index < -0.39 is 0 Å². The molecule has 2 aromatic carbocycles. The lowest BCUT2D eigenvalue weighted by atomic mass is 9.91. The van der Waals surface area contributed by atoms with Gasteiger partial charge in [-0.25, -0.2) is 4.98 Å². The second-order valence-corrected chi connectivity index (χ2v) is 8.16. The zero-order chi connectivity index (χ0) is 22.8. The molecular weight excluding hydrogens is 442 g/mol. The SMILES string of the molecule is COc1ccccc1C(CC(=O)NCc1ccc2c(c1)OCO2)c1cnc2ccc(Cl)cn12. The second kappa shape index (κ2) is 9.03. The van der Waals surface area contributed by atoms with Crippen LogP contribution in [0.2, 0.25) is 5.02 Å². The van der Waals surface area contributed by atoms with Crippen LogP contribution < -0.4 is 19.5 Å². The van der Waals surface area contributed by atoms with E-state index in [1.165, 1.54) is 0 Å². The van der Waals surface area contributed by atoms with Gasteiger partial charge in [0.1, 0.15) is 11.4 Å². The molecule has 168 valence electrons. The minimum atomic E-state index is -0.286. The number of benzene rings is 2. The molecule has 1 aliphatic rings. The Morgan fingerprint density at radius 3 is 2.91 bits per heavy atom. The first-order chi connectivity index (χ1) is 16.1. The van der Waals surface area contributed by atoms with Gasteiger partial charge >= 0.3 is 0 Å². The molecular formula is C25H22ClN3O4. The van der Waals surface area contributed by atoms with E-state index in [1.807, 2.05) is 59.1 Å². The molecule has 33 heavy (non-hydrogen) atoms. The van der Waals surface area contributed by atoms with Crippen molar-refractivity contribution < 1.29 is 19.0 Å². The molecule has 0 spiro atoms. The number of pyridine rings is 1. The highest BCUT2D eigenvalue weighted by Crippen LogP contribution is 2.35. The van der Waals surface area contributed by atoms with Gasteiger partial charge in [-0.15, -0.1) is 0 Å². The number of fused-ring (bicyclic) bond motifs is 2. The van der Waals surface area contributed by atoms with E-state index >= 15 is 0 Å². The third kappa shape index (κ3) is 4.32. The Kier molecular flexibility index (Phi) is 5.79. The van der Waals surface area contributed by atoms with Crippen LogP contribution >= 0.6 is 11.6 Å². The Balaban J connectivity index is 1.42. The van der Waals surface area contributed by atoms with E-state index in [4.69, 9.17) is 25.8 Å². The lowest BCUT2D eigenvalue weighted by Crippen LogP contribution is -2.25. The fraction of sp³-hybridized carbons (Fsp3) is 0.200. The summed E-state index contributed by atoms with van der Waals surface area (Å²) in [5, 5.41) is 3.61. The molecule has 4 aromatic rings. The van der Waals surface area contributed by atoms with Gasteiger partial charge in [0, 0.05) is 36.8 Å². The lowest BCUT2D eigenvalue weighted by Gasteiger charge is -2.20. The first kappa shape index (κ1) is 21.2. The van der Waals surface area contributed by atoms with Crippen molar-refractivity contribution >= 4 is 23.2 Å². The van der Waals surface area contributed by atoms with Gasteiger partial charge in [-0.05, 0) is 35.9 Å². The summed E-state index contributed by atoms with van der Waals surface area (Å²) in [5.41, 5.74) is 3.45. The number of nitrogens with one attached hydrogen (secondary N) is 1. The van der Waals surface area contributed by atoms with Gasteiger partial charge < -0.3 is 23.9 Å². The normalized spacial score (nSPS) is 13.2.